The number of para-hydroxylation sites is 4. The fourth-order valence-electron chi connectivity index (χ4n) is 23.4. The highest BCUT2D eigenvalue weighted by molar-refractivity contribution is 6.21. The number of hydrogen-bond donors (Lipinski definition) is 0. The second-order valence-corrected chi connectivity index (χ2v) is 39.4. The molecule has 0 saturated heterocycles. The Hall–Kier alpha value is -16.8. The van der Waals surface area contributed by atoms with Crippen LogP contribution in [-0.2, 0) is 0 Å². The maximum absolute atomic E-state index is 6.35. The van der Waals surface area contributed by atoms with E-state index in [1.54, 1.807) is 0 Å². The van der Waals surface area contributed by atoms with Crippen molar-refractivity contribution in [3.63, 3.8) is 0 Å². The maximum Gasteiger partial charge on any atom is 0.160 e. The van der Waals surface area contributed by atoms with E-state index >= 15 is 0 Å². The first-order chi connectivity index (χ1) is 71.2. The zero-order chi connectivity index (χ0) is 96.2. The number of hydrogen-bond acceptors (Lipinski definition) is 8. The van der Waals surface area contributed by atoms with Crippen LogP contribution in [0.5, 0.6) is 0 Å². The normalized spacial score (nSPS) is 13.6. The third-order valence-corrected chi connectivity index (χ3v) is 30.9. The van der Waals surface area contributed by atoms with Gasteiger partial charge in [0.15, 0.2) is 17.5 Å². The molecule has 9 nitrogen and oxygen atoms in total. The van der Waals surface area contributed by atoms with Crippen LogP contribution in [0.2, 0.25) is 0 Å². The SMILES string of the molecule is CCC(C)c1nc(-c2cc(-c3ccccn3)cc(-n3c4ccccc4c4ccccc43)c2)nc(C(C)CC)c1-c1ccccc1.c1ccc(-c2c(C3CCCCC3)nc(-c3ccc(-c4cccc5c4oc4ccccc45)cc3)nc2C2CCCCC2)cc1.c1ccc(-c2nc(-c3ccc(-c4ccc5c6c(cccc46)-c4ccccc4-5)cc3)nc(-c3ccc4c5c(cccc35)-c3ccccc3-4)c2-c2ccccc2)cc1. The van der Waals surface area contributed by atoms with E-state index < -0.39 is 0 Å². The Labute approximate surface area is 840 Å². The van der Waals surface area contributed by atoms with Gasteiger partial charge in [-0.15, -0.1) is 0 Å². The lowest BCUT2D eigenvalue weighted by Crippen LogP contribution is -2.16. The second kappa shape index (κ2) is 38.4. The third kappa shape index (κ3) is 16.1. The maximum atomic E-state index is 6.35. The summed E-state index contributed by atoms with van der Waals surface area (Å²) < 4.78 is 8.71. The van der Waals surface area contributed by atoms with Crippen LogP contribution in [0.4, 0.5) is 0 Å². The lowest BCUT2D eigenvalue weighted by molar-refractivity contribution is 0.427. The van der Waals surface area contributed by atoms with Crippen molar-refractivity contribution in [3.8, 4) is 174 Å². The summed E-state index contributed by atoms with van der Waals surface area (Å²) in [6.07, 6.45) is 16.6. The van der Waals surface area contributed by atoms with Gasteiger partial charge in [-0.25, -0.2) is 29.9 Å². The van der Waals surface area contributed by atoms with Gasteiger partial charge < -0.3 is 8.98 Å². The van der Waals surface area contributed by atoms with Crippen LogP contribution in [0.15, 0.2) is 417 Å². The van der Waals surface area contributed by atoms with Crippen LogP contribution in [0, 0.1) is 0 Å². The number of pyridine rings is 1. The Kier molecular flexibility index (Phi) is 23.6. The first-order valence-electron chi connectivity index (χ1n) is 51.7. The minimum atomic E-state index is 0.278. The minimum Gasteiger partial charge on any atom is -0.455 e. The summed E-state index contributed by atoms with van der Waals surface area (Å²) >= 11 is 0. The fourth-order valence-corrected chi connectivity index (χ4v) is 23.4. The van der Waals surface area contributed by atoms with Crippen LogP contribution in [0.25, 0.3) is 239 Å². The van der Waals surface area contributed by atoms with E-state index in [9.17, 15) is 0 Å². The molecule has 17 aromatic carbocycles. The Morgan fingerprint density at radius 2 is 0.660 bits per heavy atom. The molecule has 694 valence electrons. The van der Waals surface area contributed by atoms with Gasteiger partial charge in [0.2, 0.25) is 0 Å². The van der Waals surface area contributed by atoms with Gasteiger partial charge in [-0.1, -0.05) is 424 Å². The van der Waals surface area contributed by atoms with E-state index in [0.717, 1.165) is 136 Å². The summed E-state index contributed by atoms with van der Waals surface area (Å²) in [5, 5.41) is 9.88. The Bertz CT molecular complexity index is 8620. The molecule has 27 rings (SSSR count). The zero-order valence-electron chi connectivity index (χ0n) is 81.5. The van der Waals surface area contributed by atoms with Crippen molar-refractivity contribution < 1.29 is 4.42 Å². The fraction of sp³-hybridized carbons (Fsp3) is 0.148. The van der Waals surface area contributed by atoms with E-state index in [2.05, 4.69) is 414 Å². The summed E-state index contributed by atoms with van der Waals surface area (Å²) in [6, 6.07) is 145. The van der Waals surface area contributed by atoms with E-state index in [1.165, 1.54) is 197 Å². The lowest BCUT2D eigenvalue weighted by atomic mass is 9.79. The van der Waals surface area contributed by atoms with Gasteiger partial charge in [0.1, 0.15) is 11.2 Å². The van der Waals surface area contributed by atoms with Crippen molar-refractivity contribution >= 4 is 65.3 Å². The molecule has 23 aromatic rings. The minimum absolute atomic E-state index is 0.278. The number of nitrogens with zero attached hydrogens (tertiary/aromatic N) is 8. The largest absolute Gasteiger partial charge is 0.455 e. The van der Waals surface area contributed by atoms with E-state index in [0.29, 0.717) is 17.7 Å². The predicted molar refractivity (Wildman–Crippen MR) is 598 cm³/mol. The summed E-state index contributed by atoms with van der Waals surface area (Å²) in [7, 11) is 0. The van der Waals surface area contributed by atoms with Gasteiger partial charge >= 0.3 is 0 Å². The van der Waals surface area contributed by atoms with Crippen LogP contribution in [0.1, 0.15) is 151 Å². The number of furan rings is 1. The molecule has 6 aromatic heterocycles. The number of benzene rings is 17. The Morgan fingerprint density at radius 1 is 0.271 bits per heavy atom. The zero-order valence-corrected chi connectivity index (χ0v) is 81.5. The van der Waals surface area contributed by atoms with E-state index in [1.807, 2.05) is 30.5 Å². The lowest BCUT2D eigenvalue weighted by Gasteiger charge is -2.29. The molecule has 0 spiro atoms. The monoisotopic (exact) mass is 1860 g/mol. The molecule has 0 amide bonds. The molecule has 2 saturated carbocycles. The predicted octanol–water partition coefficient (Wildman–Crippen LogP) is 36.9. The molecule has 0 N–H and O–H groups in total. The Morgan fingerprint density at radius 3 is 1.19 bits per heavy atom. The molecule has 9 heteroatoms. The highest BCUT2D eigenvalue weighted by Gasteiger charge is 2.34. The van der Waals surface area contributed by atoms with E-state index in [4.69, 9.17) is 39.3 Å². The molecular formula is C135H108N8O. The number of aromatic nitrogens is 8. The molecule has 0 bridgehead atoms. The first-order valence-corrected chi connectivity index (χ1v) is 51.7. The molecule has 6 heterocycles. The van der Waals surface area contributed by atoms with Gasteiger partial charge in [-0.05, 0) is 198 Å². The quantitative estimate of drug-likeness (QED) is 0.0836. The van der Waals surface area contributed by atoms with Gasteiger partial charge in [-0.2, -0.15) is 0 Å². The van der Waals surface area contributed by atoms with Crippen molar-refractivity contribution in [2.75, 3.05) is 0 Å². The number of rotatable bonds is 18. The molecule has 4 aliphatic rings. The highest BCUT2D eigenvalue weighted by Crippen LogP contribution is 2.55. The molecular weight excluding hydrogens is 1750 g/mol. The van der Waals surface area contributed by atoms with Crippen molar-refractivity contribution in [3.05, 3.63) is 435 Å². The van der Waals surface area contributed by atoms with Crippen LogP contribution in [0.3, 0.4) is 0 Å². The molecule has 2 atom stereocenters. The molecule has 2 unspecified atom stereocenters. The smallest absolute Gasteiger partial charge is 0.160 e. The molecule has 4 aliphatic carbocycles. The topological polar surface area (TPSA) is 108 Å². The summed E-state index contributed by atoms with van der Waals surface area (Å²) in [5.74, 6) is 3.90. The highest BCUT2D eigenvalue weighted by atomic mass is 16.3. The van der Waals surface area contributed by atoms with Crippen LogP contribution in [-0.4, -0.2) is 39.5 Å². The van der Waals surface area contributed by atoms with Crippen LogP contribution < -0.4 is 0 Å². The van der Waals surface area contributed by atoms with Crippen molar-refractivity contribution in [1.29, 1.82) is 0 Å². The van der Waals surface area contributed by atoms with Gasteiger partial charge in [0.05, 0.1) is 50.9 Å². The molecule has 144 heavy (non-hydrogen) atoms. The standard InChI is InChI=1S/C54H32N2.C41H38N4.C40H38N2O/c1-3-13-34(14-4-1)49-52(35-15-5-2-6-16-35)55-54(56-53(49)48-32-31-47-41-20-10-8-18-39(41)44-23-12-24-45(48)51(44)47)36-27-25-33(26-28-36)37-29-30-46-40-19-9-7-17-38(40)43-22-11-21-42(37)50(43)46;1-5-27(3)39-38(29-16-8-7-9-17-29)40(28(4)6-2)44-41(43-39)31-24-30(35-20-14-15-23-42-35)25-32(26-31)45-36-21-12-10-18-33(36)34-19-11-13-22-37(34)45;1-4-13-28(14-5-1)36-37(29-15-6-2-7-16-29)41-40(42-38(36)30-17-8-3-9-18-30)31-25-23-27(24-26-31)32-20-12-21-34-33-19-10-11-22-35(33)43-39(32)34/h1-32H;7-28H,5-6H2,1-4H3;1,4-5,10-14,19-26,29-30H,2-3,6-9,15-18H2. The van der Waals surface area contributed by atoms with Crippen LogP contribution >= 0.6 is 0 Å². The summed E-state index contributed by atoms with van der Waals surface area (Å²) in [6.45, 7) is 9.05. The summed E-state index contributed by atoms with van der Waals surface area (Å²) in [4.78, 5) is 37.5. The second-order valence-electron chi connectivity index (χ2n) is 39.4. The average molecular weight is 1860 g/mol. The van der Waals surface area contributed by atoms with Gasteiger partial charge in [-0.3, -0.25) is 4.98 Å². The van der Waals surface area contributed by atoms with Crippen molar-refractivity contribution in [1.82, 2.24) is 39.5 Å². The van der Waals surface area contributed by atoms with Crippen molar-refractivity contribution in [2.45, 2.75) is 128 Å². The van der Waals surface area contributed by atoms with Gasteiger partial charge in [0.25, 0.3) is 0 Å². The average Bonchev–Trinajstić information content (AvgIpc) is 1.54. The molecule has 0 aliphatic heterocycles. The first kappa shape index (κ1) is 88.7. The molecule has 0 radical (unpaired) electrons. The molecule has 2 fully saturated rings. The van der Waals surface area contributed by atoms with Crippen molar-refractivity contribution in [2.24, 2.45) is 0 Å². The van der Waals surface area contributed by atoms with Gasteiger partial charge in [0, 0.05) is 101 Å². The van der Waals surface area contributed by atoms with E-state index in [-0.39, 0.29) is 11.8 Å². The number of fused-ring (bicyclic) bond motifs is 12. The third-order valence-electron chi connectivity index (χ3n) is 30.9. The Balaban J connectivity index is 0.000000114. The summed E-state index contributed by atoms with van der Waals surface area (Å²) in [5.41, 5.74) is 41.2.